The fourth-order valence-corrected chi connectivity index (χ4v) is 1.50. The molecule has 1 aromatic heterocycles. The number of halogens is 1. The quantitative estimate of drug-likeness (QED) is 0.866. The zero-order valence-electron chi connectivity index (χ0n) is 10.1. The third-order valence-electron chi connectivity index (χ3n) is 2.42. The van der Waals surface area contributed by atoms with E-state index in [2.05, 4.69) is 15.5 Å². The molecule has 0 spiro atoms. The van der Waals surface area contributed by atoms with E-state index < -0.39 is 0 Å². The highest BCUT2D eigenvalue weighted by Gasteiger charge is 2.06. The predicted molar refractivity (Wildman–Crippen MR) is 69.6 cm³/mol. The molecule has 1 atom stereocenters. The lowest BCUT2D eigenvalue weighted by molar-refractivity contribution is 0.630. The van der Waals surface area contributed by atoms with Gasteiger partial charge in [-0.2, -0.15) is 0 Å². The number of hydrogen-bond acceptors (Lipinski definition) is 4. The number of aromatic nitrogens is 2. The van der Waals surface area contributed by atoms with Crippen molar-refractivity contribution in [1.29, 1.82) is 0 Å². The summed E-state index contributed by atoms with van der Waals surface area (Å²) in [5.74, 6) is 0.329. The Morgan fingerprint density at radius 3 is 2.61 bits per heavy atom. The molecule has 94 valence electrons. The molecule has 1 heterocycles. The number of hydrogen-bond donors (Lipinski definition) is 2. The van der Waals surface area contributed by atoms with Gasteiger partial charge < -0.3 is 11.1 Å². The Hall–Kier alpha value is -2.01. The van der Waals surface area contributed by atoms with Gasteiger partial charge in [-0.25, -0.2) is 4.39 Å². The van der Waals surface area contributed by atoms with Crippen LogP contribution in [-0.4, -0.2) is 22.8 Å². The molecule has 18 heavy (non-hydrogen) atoms. The lowest BCUT2D eigenvalue weighted by Gasteiger charge is -2.08. The number of anilines is 1. The maximum atomic E-state index is 13.5. The first kappa shape index (κ1) is 12.4. The number of nitrogens with one attached hydrogen (secondary N) is 1. The van der Waals surface area contributed by atoms with E-state index in [0.29, 0.717) is 23.6 Å². The highest BCUT2D eigenvalue weighted by Crippen LogP contribution is 2.20. The molecule has 2 aromatic rings. The zero-order valence-corrected chi connectivity index (χ0v) is 10.1. The first-order valence-corrected chi connectivity index (χ1v) is 5.75. The molecule has 0 amide bonds. The molecule has 2 rings (SSSR count). The lowest BCUT2D eigenvalue weighted by Crippen LogP contribution is -2.25. The van der Waals surface area contributed by atoms with Crippen LogP contribution < -0.4 is 11.1 Å². The van der Waals surface area contributed by atoms with Crippen molar-refractivity contribution in [3.05, 3.63) is 42.2 Å². The van der Waals surface area contributed by atoms with Crippen LogP contribution in [0.1, 0.15) is 6.92 Å². The fraction of sp³-hybridized carbons (Fsp3) is 0.231. The summed E-state index contributed by atoms with van der Waals surface area (Å²) in [4.78, 5) is 0. The van der Waals surface area contributed by atoms with Crippen LogP contribution in [0.4, 0.5) is 10.2 Å². The number of rotatable bonds is 4. The van der Waals surface area contributed by atoms with Crippen LogP contribution in [0.3, 0.4) is 0 Å². The summed E-state index contributed by atoms with van der Waals surface area (Å²) in [6.45, 7) is 2.52. The highest BCUT2D eigenvalue weighted by atomic mass is 19.1. The zero-order chi connectivity index (χ0) is 13.0. The standard InChI is InChI=1S/C13H15FN4/c1-9(15)8-16-13-7-6-12(17-18-13)10-4-2-3-5-11(10)14/h2-7,9H,8,15H2,1H3,(H,16,18). The van der Waals surface area contributed by atoms with Crippen molar-refractivity contribution in [1.82, 2.24) is 10.2 Å². The average molecular weight is 246 g/mol. The van der Waals surface area contributed by atoms with Crippen molar-refractivity contribution in [2.75, 3.05) is 11.9 Å². The minimum absolute atomic E-state index is 0.0399. The summed E-state index contributed by atoms with van der Waals surface area (Å²) in [7, 11) is 0. The van der Waals surface area contributed by atoms with Gasteiger partial charge >= 0.3 is 0 Å². The van der Waals surface area contributed by atoms with Crippen LogP contribution in [0.5, 0.6) is 0 Å². The van der Waals surface area contributed by atoms with Crippen LogP contribution in [0, 0.1) is 5.82 Å². The van der Waals surface area contributed by atoms with Gasteiger partial charge in [0.25, 0.3) is 0 Å². The molecule has 1 unspecified atom stereocenters. The van der Waals surface area contributed by atoms with E-state index >= 15 is 0 Å². The summed E-state index contributed by atoms with van der Waals surface area (Å²) in [6.07, 6.45) is 0. The number of nitrogens with two attached hydrogens (primary N) is 1. The molecule has 3 N–H and O–H groups in total. The van der Waals surface area contributed by atoms with Crippen molar-refractivity contribution in [2.24, 2.45) is 5.73 Å². The van der Waals surface area contributed by atoms with Gasteiger partial charge in [0.05, 0.1) is 5.69 Å². The van der Waals surface area contributed by atoms with Crippen molar-refractivity contribution >= 4 is 5.82 Å². The van der Waals surface area contributed by atoms with Crippen molar-refractivity contribution in [3.8, 4) is 11.3 Å². The molecular formula is C13H15FN4. The van der Waals surface area contributed by atoms with Crippen molar-refractivity contribution in [3.63, 3.8) is 0 Å². The second-order valence-corrected chi connectivity index (χ2v) is 4.14. The van der Waals surface area contributed by atoms with E-state index in [9.17, 15) is 4.39 Å². The van der Waals surface area contributed by atoms with Crippen molar-refractivity contribution in [2.45, 2.75) is 13.0 Å². The second-order valence-electron chi connectivity index (χ2n) is 4.14. The molecule has 0 fully saturated rings. The summed E-state index contributed by atoms with van der Waals surface area (Å²) >= 11 is 0. The summed E-state index contributed by atoms with van der Waals surface area (Å²) in [5.41, 5.74) is 6.58. The Labute approximate surface area is 105 Å². The Balaban J connectivity index is 2.15. The number of nitrogens with zero attached hydrogens (tertiary/aromatic N) is 2. The van der Waals surface area contributed by atoms with E-state index in [0.717, 1.165) is 0 Å². The minimum Gasteiger partial charge on any atom is -0.367 e. The Kier molecular flexibility index (Phi) is 3.84. The van der Waals surface area contributed by atoms with Gasteiger partial charge in [-0.3, -0.25) is 0 Å². The molecule has 0 saturated heterocycles. The molecule has 5 heteroatoms. The summed E-state index contributed by atoms with van der Waals surface area (Å²) in [5, 5.41) is 11.0. The van der Waals surface area contributed by atoms with Crippen LogP contribution in [0.15, 0.2) is 36.4 Å². The van der Waals surface area contributed by atoms with Crippen LogP contribution in [0.25, 0.3) is 11.3 Å². The largest absolute Gasteiger partial charge is 0.367 e. The Morgan fingerprint density at radius 1 is 1.22 bits per heavy atom. The van der Waals surface area contributed by atoms with Crippen molar-refractivity contribution < 1.29 is 4.39 Å². The maximum absolute atomic E-state index is 13.5. The minimum atomic E-state index is -0.303. The van der Waals surface area contributed by atoms with Gasteiger partial charge in [0.1, 0.15) is 11.6 Å². The first-order chi connectivity index (χ1) is 8.66. The molecule has 1 aromatic carbocycles. The molecule has 0 aliphatic heterocycles. The van der Waals surface area contributed by atoms with E-state index in [-0.39, 0.29) is 11.9 Å². The second kappa shape index (κ2) is 5.55. The van der Waals surface area contributed by atoms with Gasteiger partial charge in [0.2, 0.25) is 0 Å². The maximum Gasteiger partial charge on any atom is 0.148 e. The van der Waals surface area contributed by atoms with E-state index in [1.807, 2.05) is 6.92 Å². The highest BCUT2D eigenvalue weighted by molar-refractivity contribution is 5.60. The Bertz CT molecular complexity index is 511. The molecular weight excluding hydrogens is 231 g/mol. The molecule has 0 aliphatic carbocycles. The van der Waals surface area contributed by atoms with Crippen LogP contribution in [-0.2, 0) is 0 Å². The molecule has 0 aliphatic rings. The van der Waals surface area contributed by atoms with Crippen LogP contribution in [0.2, 0.25) is 0 Å². The fourth-order valence-electron chi connectivity index (χ4n) is 1.50. The molecule has 4 nitrogen and oxygen atoms in total. The van der Waals surface area contributed by atoms with E-state index in [1.54, 1.807) is 30.3 Å². The summed E-state index contributed by atoms with van der Waals surface area (Å²) < 4.78 is 13.5. The monoisotopic (exact) mass is 246 g/mol. The van der Waals surface area contributed by atoms with Gasteiger partial charge in [0, 0.05) is 18.2 Å². The van der Waals surface area contributed by atoms with Crippen LogP contribution >= 0.6 is 0 Å². The van der Waals surface area contributed by atoms with Gasteiger partial charge in [0.15, 0.2) is 0 Å². The predicted octanol–water partition coefficient (Wildman–Crippen LogP) is 2.04. The summed E-state index contributed by atoms with van der Waals surface area (Å²) in [6, 6.07) is 10.0. The molecule has 0 radical (unpaired) electrons. The average Bonchev–Trinajstić information content (AvgIpc) is 2.38. The molecule has 0 saturated carbocycles. The topological polar surface area (TPSA) is 63.8 Å². The van der Waals surface area contributed by atoms with E-state index in [4.69, 9.17) is 5.73 Å². The first-order valence-electron chi connectivity index (χ1n) is 5.75. The Morgan fingerprint density at radius 2 is 2.00 bits per heavy atom. The SMILES string of the molecule is CC(N)CNc1ccc(-c2ccccc2F)nn1. The number of benzene rings is 1. The van der Waals surface area contributed by atoms with Gasteiger partial charge in [-0.05, 0) is 31.2 Å². The van der Waals surface area contributed by atoms with E-state index in [1.165, 1.54) is 6.07 Å². The van der Waals surface area contributed by atoms with Gasteiger partial charge in [-0.1, -0.05) is 12.1 Å². The smallest absolute Gasteiger partial charge is 0.148 e. The van der Waals surface area contributed by atoms with Gasteiger partial charge in [-0.15, -0.1) is 10.2 Å². The third kappa shape index (κ3) is 3.01. The third-order valence-corrected chi connectivity index (χ3v) is 2.42. The normalized spacial score (nSPS) is 12.2. The lowest BCUT2D eigenvalue weighted by atomic mass is 10.1. The molecule has 0 bridgehead atoms.